The van der Waals surface area contributed by atoms with E-state index in [4.69, 9.17) is 4.52 Å². The Balaban J connectivity index is 1.76. The van der Waals surface area contributed by atoms with Crippen molar-refractivity contribution in [2.24, 2.45) is 0 Å². The van der Waals surface area contributed by atoms with E-state index >= 15 is 0 Å². The number of sulfone groups is 1. The predicted molar refractivity (Wildman–Crippen MR) is 81.1 cm³/mol. The maximum atomic E-state index is 12.0. The standard InChI is InChI=1S/C15H18N2O4S/c1-12-11-13(21-17-12)7-9-16-15(18)8-10-22(19,20)14-5-3-2-4-6-14/h2-6,11H,7-10H2,1H3,(H,16,18). The van der Waals surface area contributed by atoms with Crippen molar-refractivity contribution in [3.63, 3.8) is 0 Å². The van der Waals surface area contributed by atoms with Crippen LogP contribution >= 0.6 is 0 Å². The van der Waals surface area contributed by atoms with Gasteiger partial charge in [-0.15, -0.1) is 0 Å². The Bertz CT molecular complexity index is 723. The second-order valence-electron chi connectivity index (χ2n) is 4.92. The van der Waals surface area contributed by atoms with Crippen LogP contribution < -0.4 is 5.32 Å². The summed E-state index contributed by atoms with van der Waals surface area (Å²) in [7, 11) is -3.42. The van der Waals surface area contributed by atoms with Gasteiger partial charge in [-0.1, -0.05) is 23.4 Å². The van der Waals surface area contributed by atoms with E-state index in [2.05, 4.69) is 10.5 Å². The smallest absolute Gasteiger partial charge is 0.221 e. The summed E-state index contributed by atoms with van der Waals surface area (Å²) in [6.07, 6.45) is 0.463. The zero-order chi connectivity index (χ0) is 16.0. The Hall–Kier alpha value is -2.15. The van der Waals surface area contributed by atoms with E-state index in [0.717, 1.165) is 5.69 Å². The number of nitrogens with zero attached hydrogens (tertiary/aromatic N) is 1. The molecule has 0 unspecified atom stereocenters. The molecule has 1 heterocycles. The highest BCUT2D eigenvalue weighted by Crippen LogP contribution is 2.11. The Morgan fingerprint density at radius 1 is 1.27 bits per heavy atom. The van der Waals surface area contributed by atoms with Gasteiger partial charge < -0.3 is 9.84 Å². The number of benzene rings is 1. The minimum absolute atomic E-state index is 0.0628. The third-order valence-corrected chi connectivity index (χ3v) is 4.80. The topological polar surface area (TPSA) is 89.3 Å². The molecule has 0 aliphatic rings. The monoisotopic (exact) mass is 322 g/mol. The van der Waals surface area contributed by atoms with Crippen LogP contribution in [0.1, 0.15) is 17.9 Å². The highest BCUT2D eigenvalue weighted by molar-refractivity contribution is 7.91. The first-order valence-corrected chi connectivity index (χ1v) is 8.59. The van der Waals surface area contributed by atoms with Gasteiger partial charge in [-0.3, -0.25) is 4.79 Å². The minimum atomic E-state index is -3.42. The SMILES string of the molecule is Cc1cc(CCNC(=O)CCS(=O)(=O)c2ccccc2)on1. The van der Waals surface area contributed by atoms with Crippen LogP contribution in [-0.2, 0) is 21.1 Å². The molecular weight excluding hydrogens is 304 g/mol. The summed E-state index contributed by atoms with van der Waals surface area (Å²) in [4.78, 5) is 11.9. The van der Waals surface area contributed by atoms with E-state index in [9.17, 15) is 13.2 Å². The molecule has 2 rings (SSSR count). The van der Waals surface area contributed by atoms with Crippen LogP contribution in [0.2, 0.25) is 0 Å². The molecule has 1 aromatic carbocycles. The molecule has 0 radical (unpaired) electrons. The molecule has 1 amide bonds. The molecule has 0 aliphatic carbocycles. The zero-order valence-corrected chi connectivity index (χ0v) is 13.1. The Labute approximate surface area is 129 Å². The van der Waals surface area contributed by atoms with Gasteiger partial charge in [0.05, 0.1) is 16.3 Å². The molecule has 0 aliphatic heterocycles. The Kier molecular flexibility index (Phi) is 5.32. The molecule has 1 N–H and O–H groups in total. The number of aryl methyl sites for hydroxylation is 1. The van der Waals surface area contributed by atoms with Gasteiger partial charge in [0.25, 0.3) is 0 Å². The molecule has 0 atom stereocenters. The van der Waals surface area contributed by atoms with E-state index < -0.39 is 9.84 Å². The molecule has 118 valence electrons. The van der Waals surface area contributed by atoms with Crippen molar-refractivity contribution in [2.45, 2.75) is 24.7 Å². The fraction of sp³-hybridized carbons (Fsp3) is 0.333. The maximum absolute atomic E-state index is 12.0. The summed E-state index contributed by atoms with van der Waals surface area (Å²) in [6.45, 7) is 2.21. The van der Waals surface area contributed by atoms with Crippen LogP contribution in [0.15, 0.2) is 45.8 Å². The van der Waals surface area contributed by atoms with E-state index in [-0.39, 0.29) is 23.0 Å². The van der Waals surface area contributed by atoms with Gasteiger partial charge in [0.15, 0.2) is 9.84 Å². The summed E-state index contributed by atoms with van der Waals surface area (Å²) >= 11 is 0. The molecule has 0 saturated heterocycles. The van der Waals surface area contributed by atoms with Crippen LogP contribution in [-0.4, -0.2) is 31.8 Å². The first-order chi connectivity index (χ1) is 10.5. The number of aromatic nitrogens is 1. The Morgan fingerprint density at radius 3 is 2.64 bits per heavy atom. The molecule has 6 nitrogen and oxygen atoms in total. The number of rotatable bonds is 7. The molecule has 2 aromatic rings. The average Bonchev–Trinajstić information content (AvgIpc) is 2.92. The summed E-state index contributed by atoms with van der Waals surface area (Å²) in [5.74, 6) is 0.190. The highest BCUT2D eigenvalue weighted by atomic mass is 32.2. The zero-order valence-electron chi connectivity index (χ0n) is 12.3. The Morgan fingerprint density at radius 2 is 2.00 bits per heavy atom. The maximum Gasteiger partial charge on any atom is 0.221 e. The second-order valence-corrected chi connectivity index (χ2v) is 7.03. The first-order valence-electron chi connectivity index (χ1n) is 6.94. The van der Waals surface area contributed by atoms with Gasteiger partial charge in [0.2, 0.25) is 5.91 Å². The van der Waals surface area contributed by atoms with Crippen LogP contribution in [0.25, 0.3) is 0 Å². The van der Waals surface area contributed by atoms with E-state index in [0.29, 0.717) is 18.7 Å². The minimum Gasteiger partial charge on any atom is -0.361 e. The first kappa shape index (κ1) is 16.2. The van der Waals surface area contributed by atoms with E-state index in [1.165, 1.54) is 12.1 Å². The molecule has 0 spiro atoms. The van der Waals surface area contributed by atoms with Gasteiger partial charge >= 0.3 is 0 Å². The third-order valence-electron chi connectivity index (χ3n) is 3.07. The number of carbonyl (C=O) groups excluding carboxylic acids is 1. The average molecular weight is 322 g/mol. The molecule has 0 saturated carbocycles. The molecule has 22 heavy (non-hydrogen) atoms. The third kappa shape index (κ3) is 4.70. The molecular formula is C15H18N2O4S. The van der Waals surface area contributed by atoms with Gasteiger partial charge in [0, 0.05) is 25.5 Å². The fourth-order valence-electron chi connectivity index (χ4n) is 1.92. The largest absolute Gasteiger partial charge is 0.361 e. The van der Waals surface area contributed by atoms with Crippen LogP contribution in [0.3, 0.4) is 0 Å². The molecule has 1 aromatic heterocycles. The van der Waals surface area contributed by atoms with Crippen molar-refractivity contribution in [3.05, 3.63) is 47.9 Å². The highest BCUT2D eigenvalue weighted by Gasteiger charge is 2.15. The van der Waals surface area contributed by atoms with Crippen molar-refractivity contribution in [1.82, 2.24) is 10.5 Å². The lowest BCUT2D eigenvalue weighted by Gasteiger charge is -2.05. The van der Waals surface area contributed by atoms with Crippen molar-refractivity contribution in [1.29, 1.82) is 0 Å². The number of amides is 1. The van der Waals surface area contributed by atoms with Crippen LogP contribution in [0.5, 0.6) is 0 Å². The van der Waals surface area contributed by atoms with Crippen molar-refractivity contribution >= 4 is 15.7 Å². The molecule has 0 fully saturated rings. The van der Waals surface area contributed by atoms with Gasteiger partial charge in [-0.2, -0.15) is 0 Å². The lowest BCUT2D eigenvalue weighted by Crippen LogP contribution is -2.27. The number of nitrogens with one attached hydrogen (secondary N) is 1. The number of carbonyl (C=O) groups is 1. The van der Waals surface area contributed by atoms with Crippen molar-refractivity contribution < 1.29 is 17.7 Å². The number of hydrogen-bond acceptors (Lipinski definition) is 5. The molecule has 7 heteroatoms. The lowest BCUT2D eigenvalue weighted by atomic mass is 10.3. The van der Waals surface area contributed by atoms with Gasteiger partial charge in [-0.25, -0.2) is 8.42 Å². The number of hydrogen-bond donors (Lipinski definition) is 1. The summed E-state index contributed by atoms with van der Waals surface area (Å²) in [5.41, 5.74) is 0.787. The predicted octanol–water partition coefficient (Wildman–Crippen LogP) is 1.51. The fourth-order valence-corrected chi connectivity index (χ4v) is 3.18. The van der Waals surface area contributed by atoms with Gasteiger partial charge in [-0.05, 0) is 19.1 Å². The quantitative estimate of drug-likeness (QED) is 0.834. The molecule has 0 bridgehead atoms. The van der Waals surface area contributed by atoms with E-state index in [1.54, 1.807) is 24.3 Å². The van der Waals surface area contributed by atoms with Crippen molar-refractivity contribution in [3.8, 4) is 0 Å². The van der Waals surface area contributed by atoms with Crippen LogP contribution in [0.4, 0.5) is 0 Å². The second kappa shape index (κ2) is 7.22. The normalized spacial score (nSPS) is 11.3. The summed E-state index contributed by atoms with van der Waals surface area (Å²) in [6, 6.07) is 9.92. The van der Waals surface area contributed by atoms with E-state index in [1.807, 2.05) is 6.92 Å². The van der Waals surface area contributed by atoms with Gasteiger partial charge in [0.1, 0.15) is 5.76 Å². The van der Waals surface area contributed by atoms with Crippen molar-refractivity contribution in [2.75, 3.05) is 12.3 Å². The summed E-state index contributed by atoms with van der Waals surface area (Å²) < 4.78 is 29.1. The van der Waals surface area contributed by atoms with Crippen LogP contribution in [0, 0.1) is 6.92 Å². The summed E-state index contributed by atoms with van der Waals surface area (Å²) in [5, 5.41) is 6.42. The lowest BCUT2D eigenvalue weighted by molar-refractivity contribution is -0.120.